The Morgan fingerprint density at radius 2 is 2.09 bits per heavy atom. The predicted molar refractivity (Wildman–Crippen MR) is 130 cm³/mol. The van der Waals surface area contributed by atoms with E-state index in [1.807, 2.05) is 0 Å². The number of carbonyl (C=O) groups excluding carboxylic acids is 1. The van der Waals surface area contributed by atoms with Crippen molar-refractivity contribution in [1.29, 1.82) is 0 Å². The highest BCUT2D eigenvalue weighted by Gasteiger charge is 2.37. The normalized spacial score (nSPS) is 18.5. The van der Waals surface area contributed by atoms with Crippen LogP contribution in [0.3, 0.4) is 0 Å². The van der Waals surface area contributed by atoms with Crippen LogP contribution >= 0.6 is 39.0 Å². The van der Waals surface area contributed by atoms with Crippen LogP contribution in [0.2, 0.25) is 0 Å². The van der Waals surface area contributed by atoms with Crippen LogP contribution in [-0.2, 0) is 10.5 Å². The first kappa shape index (κ1) is 25.0. The summed E-state index contributed by atoms with van der Waals surface area (Å²) in [5.41, 5.74) is -0.0240. The van der Waals surface area contributed by atoms with Gasteiger partial charge in [0, 0.05) is 17.9 Å². The number of rotatable bonds is 5. The third-order valence-electron chi connectivity index (χ3n) is 4.86. The number of aliphatic hydroxyl groups is 1. The molecule has 1 aliphatic heterocycles. The number of β-amino-alcohol motifs (C(OH)–C–C–N with tert-alkyl or cyclic N) is 1. The molecule has 4 rings (SSSR count). The number of thioether (sulfide) groups is 1. The van der Waals surface area contributed by atoms with Crippen LogP contribution in [0.15, 0.2) is 27.3 Å². The topological polar surface area (TPSA) is 100 Å². The fourth-order valence-corrected chi connectivity index (χ4v) is 5.48. The van der Waals surface area contributed by atoms with E-state index < -0.39 is 35.5 Å². The number of likely N-dealkylation sites (tertiary alicyclic amines) is 1. The third kappa shape index (κ3) is 5.75. The number of aromatic nitrogens is 3. The molecule has 2 atom stereocenters. The van der Waals surface area contributed by atoms with Crippen LogP contribution in [-0.4, -0.2) is 61.9 Å². The Kier molecular flexibility index (Phi) is 7.27. The summed E-state index contributed by atoms with van der Waals surface area (Å²) < 4.78 is 34.2. The standard InChI is InChI=1S/C21H22BrF2N5O3S2/c1-21(2,3)32-20(31)29-7-12(13(30)8-29)25-16-15-17(26-18(22)34-15)28-19(27-16)33-9-10-5-4-6-11(23)14(10)24/h4-6,12-13,30H,7-9H2,1-3H3,(H,25,27,28). The number of ether oxygens (including phenoxy) is 1. The molecular formula is C21H22BrF2N5O3S2. The first-order valence-corrected chi connectivity index (χ1v) is 12.9. The maximum atomic E-state index is 14.0. The molecule has 0 radical (unpaired) electrons. The molecular weight excluding hydrogens is 552 g/mol. The molecule has 0 bridgehead atoms. The molecule has 1 amide bonds. The Bertz CT molecular complexity index is 1220. The molecule has 0 aliphatic carbocycles. The second-order valence-electron chi connectivity index (χ2n) is 8.68. The monoisotopic (exact) mass is 573 g/mol. The minimum Gasteiger partial charge on any atom is -0.444 e. The van der Waals surface area contributed by atoms with Crippen LogP contribution < -0.4 is 5.32 Å². The summed E-state index contributed by atoms with van der Waals surface area (Å²) >= 11 is 5.81. The lowest BCUT2D eigenvalue weighted by Crippen LogP contribution is -2.36. The zero-order valence-electron chi connectivity index (χ0n) is 18.5. The molecule has 8 nitrogen and oxygen atoms in total. The van der Waals surface area contributed by atoms with Crippen molar-refractivity contribution >= 4 is 61.3 Å². The van der Waals surface area contributed by atoms with Gasteiger partial charge in [0.15, 0.2) is 32.2 Å². The minimum atomic E-state index is -0.912. The Morgan fingerprint density at radius 3 is 2.82 bits per heavy atom. The summed E-state index contributed by atoms with van der Waals surface area (Å²) in [6.07, 6.45) is -1.34. The van der Waals surface area contributed by atoms with Gasteiger partial charge in [-0.05, 0) is 42.8 Å². The van der Waals surface area contributed by atoms with E-state index in [9.17, 15) is 18.7 Å². The van der Waals surface area contributed by atoms with E-state index in [-0.39, 0.29) is 24.4 Å². The molecule has 1 fully saturated rings. The van der Waals surface area contributed by atoms with E-state index in [0.717, 1.165) is 17.8 Å². The summed E-state index contributed by atoms with van der Waals surface area (Å²) in [5.74, 6) is -1.25. The van der Waals surface area contributed by atoms with Crippen molar-refractivity contribution in [2.45, 2.75) is 49.4 Å². The van der Waals surface area contributed by atoms with Crippen LogP contribution in [0.25, 0.3) is 10.3 Å². The number of aliphatic hydroxyl groups excluding tert-OH is 1. The van der Waals surface area contributed by atoms with Gasteiger partial charge in [-0.2, -0.15) is 0 Å². The van der Waals surface area contributed by atoms with Crippen LogP contribution in [0.5, 0.6) is 0 Å². The maximum Gasteiger partial charge on any atom is 0.410 e. The average Bonchev–Trinajstić information content (AvgIpc) is 3.30. The lowest BCUT2D eigenvalue weighted by molar-refractivity contribution is 0.0270. The first-order valence-electron chi connectivity index (χ1n) is 10.3. The zero-order chi connectivity index (χ0) is 24.6. The minimum absolute atomic E-state index is 0.119. The quantitative estimate of drug-likeness (QED) is 0.331. The van der Waals surface area contributed by atoms with Gasteiger partial charge >= 0.3 is 6.09 Å². The van der Waals surface area contributed by atoms with E-state index in [1.54, 1.807) is 20.8 Å². The number of anilines is 1. The SMILES string of the molecule is CC(C)(C)OC(=O)N1CC(O)C(Nc2nc(SCc3cccc(F)c3F)nc3nc(Br)sc23)C1. The highest BCUT2D eigenvalue weighted by molar-refractivity contribution is 9.11. The van der Waals surface area contributed by atoms with Crippen LogP contribution in [0.4, 0.5) is 19.4 Å². The molecule has 0 spiro atoms. The highest BCUT2D eigenvalue weighted by Crippen LogP contribution is 2.34. The van der Waals surface area contributed by atoms with Crippen molar-refractivity contribution in [3.63, 3.8) is 0 Å². The molecule has 1 aliphatic rings. The molecule has 182 valence electrons. The van der Waals surface area contributed by atoms with E-state index in [0.29, 0.717) is 25.2 Å². The summed E-state index contributed by atoms with van der Waals surface area (Å²) in [7, 11) is 0. The van der Waals surface area contributed by atoms with Crippen molar-refractivity contribution < 1.29 is 23.4 Å². The van der Waals surface area contributed by atoms with Gasteiger partial charge in [0.25, 0.3) is 0 Å². The molecule has 13 heteroatoms. The number of nitrogens with one attached hydrogen (secondary N) is 1. The third-order valence-corrected chi connectivity index (χ3v) is 7.26. The molecule has 1 aromatic carbocycles. The fraction of sp³-hybridized carbons (Fsp3) is 0.429. The van der Waals surface area contributed by atoms with Gasteiger partial charge in [-0.3, -0.25) is 0 Å². The second-order valence-corrected chi connectivity index (χ2v) is 11.9. The van der Waals surface area contributed by atoms with E-state index >= 15 is 0 Å². The van der Waals surface area contributed by atoms with E-state index in [4.69, 9.17) is 4.74 Å². The largest absolute Gasteiger partial charge is 0.444 e. The summed E-state index contributed by atoms with van der Waals surface area (Å²) in [6, 6.07) is 3.52. The molecule has 2 unspecified atom stereocenters. The second kappa shape index (κ2) is 9.88. The van der Waals surface area contributed by atoms with E-state index in [1.165, 1.54) is 28.4 Å². The molecule has 3 heterocycles. The summed E-state index contributed by atoms with van der Waals surface area (Å²) in [6.45, 7) is 5.68. The van der Waals surface area contributed by atoms with Crippen molar-refractivity contribution in [1.82, 2.24) is 19.9 Å². The molecule has 3 aromatic rings. The number of halogens is 3. The van der Waals surface area contributed by atoms with Gasteiger partial charge in [-0.1, -0.05) is 23.9 Å². The molecule has 0 saturated carbocycles. The van der Waals surface area contributed by atoms with Gasteiger partial charge in [0.1, 0.15) is 10.3 Å². The summed E-state index contributed by atoms with van der Waals surface area (Å²) in [4.78, 5) is 27.2. The van der Waals surface area contributed by atoms with Gasteiger partial charge in [0.2, 0.25) is 0 Å². The van der Waals surface area contributed by atoms with Crippen LogP contribution in [0, 0.1) is 11.6 Å². The number of carbonyl (C=O) groups is 1. The smallest absolute Gasteiger partial charge is 0.410 e. The maximum absolute atomic E-state index is 14.0. The number of benzene rings is 1. The Labute approximate surface area is 211 Å². The lowest BCUT2D eigenvalue weighted by atomic mass is 10.2. The van der Waals surface area contributed by atoms with Crippen molar-refractivity contribution in [3.05, 3.63) is 39.3 Å². The van der Waals surface area contributed by atoms with E-state index in [2.05, 4.69) is 36.2 Å². The van der Waals surface area contributed by atoms with Crippen molar-refractivity contribution in [2.75, 3.05) is 18.4 Å². The first-order chi connectivity index (χ1) is 16.0. The summed E-state index contributed by atoms with van der Waals surface area (Å²) in [5, 5.41) is 14.1. The van der Waals surface area contributed by atoms with Gasteiger partial charge in [-0.15, -0.1) is 11.3 Å². The lowest BCUT2D eigenvalue weighted by Gasteiger charge is -2.24. The molecule has 2 N–H and O–H groups in total. The average molecular weight is 574 g/mol. The Balaban J connectivity index is 1.54. The predicted octanol–water partition coefficient (Wildman–Crippen LogP) is 4.81. The molecule has 2 aromatic heterocycles. The Morgan fingerprint density at radius 1 is 1.32 bits per heavy atom. The van der Waals surface area contributed by atoms with Gasteiger partial charge < -0.3 is 20.1 Å². The number of amides is 1. The van der Waals surface area contributed by atoms with Crippen molar-refractivity contribution in [2.24, 2.45) is 0 Å². The Hall–Kier alpha value is -2.09. The van der Waals surface area contributed by atoms with Gasteiger partial charge in [-0.25, -0.2) is 28.5 Å². The number of fused-ring (bicyclic) bond motifs is 1. The number of hydrogen-bond donors (Lipinski definition) is 2. The van der Waals surface area contributed by atoms with Gasteiger partial charge in [0.05, 0.1) is 18.7 Å². The van der Waals surface area contributed by atoms with Crippen LogP contribution in [0.1, 0.15) is 26.3 Å². The zero-order valence-corrected chi connectivity index (χ0v) is 21.7. The molecule has 34 heavy (non-hydrogen) atoms. The van der Waals surface area contributed by atoms with Crippen molar-refractivity contribution in [3.8, 4) is 0 Å². The molecule has 1 saturated heterocycles. The fourth-order valence-electron chi connectivity index (χ4n) is 3.32. The number of nitrogens with zero attached hydrogens (tertiary/aromatic N) is 4. The number of thiazole rings is 1. The number of hydrogen-bond acceptors (Lipinski definition) is 9. The highest BCUT2D eigenvalue weighted by atomic mass is 79.9.